The molecule has 0 spiro atoms. The number of rotatable bonds is 5. The maximum atomic E-state index is 11.5. The second-order valence-corrected chi connectivity index (χ2v) is 4.74. The van der Waals surface area contributed by atoms with E-state index in [1.54, 1.807) is 0 Å². The van der Waals surface area contributed by atoms with Crippen molar-refractivity contribution >= 4 is 5.97 Å². The Kier molecular flexibility index (Phi) is 4.73. The highest BCUT2D eigenvalue weighted by atomic mass is 16.4. The summed E-state index contributed by atoms with van der Waals surface area (Å²) >= 11 is 0. The third kappa shape index (κ3) is 2.87. The number of hydrogen-bond donors (Lipinski definition) is 1. The van der Waals surface area contributed by atoms with E-state index in [0.29, 0.717) is 17.4 Å². The standard InChI is InChI=1S/C15H22O2/c1-5-10(3)12-8-7-9-13(11(4)6-2)14(12)15(16)17/h7-11H,5-6H2,1-4H3,(H,16,17). The van der Waals surface area contributed by atoms with Gasteiger partial charge in [-0.1, -0.05) is 45.9 Å². The Bertz CT molecular complexity index is 368. The summed E-state index contributed by atoms with van der Waals surface area (Å²) in [5.74, 6) is -0.202. The predicted octanol–water partition coefficient (Wildman–Crippen LogP) is 4.41. The maximum Gasteiger partial charge on any atom is 0.336 e. The topological polar surface area (TPSA) is 37.3 Å². The molecule has 17 heavy (non-hydrogen) atoms. The Morgan fingerprint density at radius 1 is 1.12 bits per heavy atom. The van der Waals surface area contributed by atoms with Crippen molar-refractivity contribution in [1.82, 2.24) is 0 Å². The highest BCUT2D eigenvalue weighted by Gasteiger charge is 2.20. The molecular formula is C15H22O2. The summed E-state index contributed by atoms with van der Waals surface area (Å²) in [4.78, 5) is 11.5. The van der Waals surface area contributed by atoms with E-state index in [9.17, 15) is 9.90 Å². The summed E-state index contributed by atoms with van der Waals surface area (Å²) in [5.41, 5.74) is 2.46. The van der Waals surface area contributed by atoms with Gasteiger partial charge >= 0.3 is 5.97 Å². The van der Waals surface area contributed by atoms with Gasteiger partial charge in [0.05, 0.1) is 5.56 Å². The minimum Gasteiger partial charge on any atom is -0.478 e. The van der Waals surface area contributed by atoms with Gasteiger partial charge < -0.3 is 5.11 Å². The third-order valence-corrected chi connectivity index (χ3v) is 3.63. The van der Waals surface area contributed by atoms with E-state index in [-0.39, 0.29) is 0 Å². The molecule has 0 aliphatic carbocycles. The first kappa shape index (κ1) is 13.8. The lowest BCUT2D eigenvalue weighted by molar-refractivity contribution is 0.0693. The van der Waals surface area contributed by atoms with Crippen LogP contribution in [-0.4, -0.2) is 11.1 Å². The average molecular weight is 234 g/mol. The molecule has 1 aromatic carbocycles. The molecule has 0 radical (unpaired) electrons. The van der Waals surface area contributed by atoms with Gasteiger partial charge in [0.15, 0.2) is 0 Å². The van der Waals surface area contributed by atoms with Crippen molar-refractivity contribution < 1.29 is 9.90 Å². The molecule has 1 N–H and O–H groups in total. The highest BCUT2D eigenvalue weighted by molar-refractivity contribution is 5.91. The van der Waals surface area contributed by atoms with Gasteiger partial charge in [0, 0.05) is 0 Å². The Morgan fingerprint density at radius 2 is 1.53 bits per heavy atom. The number of carboxylic acid groups (broad SMARTS) is 1. The van der Waals surface area contributed by atoms with Gasteiger partial charge in [0.2, 0.25) is 0 Å². The fraction of sp³-hybridized carbons (Fsp3) is 0.533. The molecule has 0 aliphatic heterocycles. The van der Waals surface area contributed by atoms with Crippen molar-refractivity contribution in [1.29, 1.82) is 0 Å². The summed E-state index contributed by atoms with van der Waals surface area (Å²) < 4.78 is 0. The quantitative estimate of drug-likeness (QED) is 0.819. The second-order valence-electron chi connectivity index (χ2n) is 4.74. The molecular weight excluding hydrogens is 212 g/mol. The lowest BCUT2D eigenvalue weighted by Gasteiger charge is -2.19. The van der Waals surface area contributed by atoms with Crippen LogP contribution in [0, 0.1) is 0 Å². The lowest BCUT2D eigenvalue weighted by atomic mass is 9.86. The SMILES string of the molecule is CCC(C)c1cccc(C(C)CC)c1C(=O)O. The third-order valence-electron chi connectivity index (χ3n) is 3.63. The van der Waals surface area contributed by atoms with Crippen LogP contribution in [0.15, 0.2) is 18.2 Å². The van der Waals surface area contributed by atoms with E-state index in [1.165, 1.54) is 0 Å². The van der Waals surface area contributed by atoms with Crippen LogP contribution in [0.5, 0.6) is 0 Å². The van der Waals surface area contributed by atoms with Crippen molar-refractivity contribution in [2.45, 2.75) is 52.4 Å². The van der Waals surface area contributed by atoms with Crippen LogP contribution in [0.3, 0.4) is 0 Å². The number of carboxylic acids is 1. The zero-order valence-corrected chi connectivity index (χ0v) is 11.2. The molecule has 0 saturated carbocycles. The number of benzene rings is 1. The van der Waals surface area contributed by atoms with Gasteiger partial charge in [-0.25, -0.2) is 4.79 Å². The molecule has 2 atom stereocenters. The average Bonchev–Trinajstić information content (AvgIpc) is 2.35. The van der Waals surface area contributed by atoms with Gasteiger partial charge in [0.1, 0.15) is 0 Å². The molecule has 1 rings (SSSR count). The van der Waals surface area contributed by atoms with E-state index in [4.69, 9.17) is 0 Å². The summed E-state index contributed by atoms with van der Waals surface area (Å²) in [6.07, 6.45) is 1.93. The summed E-state index contributed by atoms with van der Waals surface area (Å²) in [6.45, 7) is 8.35. The van der Waals surface area contributed by atoms with Crippen LogP contribution in [0.2, 0.25) is 0 Å². The predicted molar refractivity (Wildman–Crippen MR) is 70.8 cm³/mol. The van der Waals surface area contributed by atoms with Crippen LogP contribution < -0.4 is 0 Å². The van der Waals surface area contributed by atoms with E-state index in [1.807, 2.05) is 18.2 Å². The van der Waals surface area contributed by atoms with Crippen LogP contribution in [0.4, 0.5) is 0 Å². The minimum atomic E-state index is -0.795. The molecule has 0 fully saturated rings. The van der Waals surface area contributed by atoms with E-state index >= 15 is 0 Å². The van der Waals surface area contributed by atoms with Crippen LogP contribution >= 0.6 is 0 Å². The molecule has 0 aliphatic rings. The zero-order chi connectivity index (χ0) is 13.0. The Balaban J connectivity index is 3.37. The molecule has 2 unspecified atom stereocenters. The fourth-order valence-electron chi connectivity index (χ4n) is 2.10. The molecule has 0 amide bonds. The number of hydrogen-bond acceptors (Lipinski definition) is 1. The largest absolute Gasteiger partial charge is 0.478 e. The minimum absolute atomic E-state index is 0.296. The first-order chi connectivity index (χ1) is 8.02. The van der Waals surface area contributed by atoms with Crippen LogP contribution in [0.25, 0.3) is 0 Å². The summed E-state index contributed by atoms with van der Waals surface area (Å²) in [5, 5.41) is 9.44. The Hall–Kier alpha value is -1.31. The highest BCUT2D eigenvalue weighted by Crippen LogP contribution is 2.30. The second kappa shape index (κ2) is 5.85. The first-order valence-electron chi connectivity index (χ1n) is 6.38. The molecule has 0 heterocycles. The molecule has 2 nitrogen and oxygen atoms in total. The first-order valence-corrected chi connectivity index (χ1v) is 6.38. The number of aromatic carboxylic acids is 1. The molecule has 0 bridgehead atoms. The van der Waals surface area contributed by atoms with Gasteiger partial charge in [-0.2, -0.15) is 0 Å². The number of carbonyl (C=O) groups is 1. The van der Waals surface area contributed by atoms with E-state index < -0.39 is 5.97 Å². The van der Waals surface area contributed by atoms with E-state index in [2.05, 4.69) is 27.7 Å². The van der Waals surface area contributed by atoms with Crippen LogP contribution in [-0.2, 0) is 0 Å². The van der Waals surface area contributed by atoms with Crippen molar-refractivity contribution in [2.24, 2.45) is 0 Å². The molecule has 0 aromatic heterocycles. The lowest BCUT2D eigenvalue weighted by Crippen LogP contribution is -2.11. The Labute approximate surface area is 104 Å². The summed E-state index contributed by atoms with van der Waals surface area (Å²) in [6, 6.07) is 5.88. The van der Waals surface area contributed by atoms with Gasteiger partial charge in [-0.05, 0) is 35.8 Å². The van der Waals surface area contributed by atoms with Crippen molar-refractivity contribution in [3.05, 3.63) is 34.9 Å². The molecule has 94 valence electrons. The molecule has 1 aromatic rings. The van der Waals surface area contributed by atoms with Gasteiger partial charge in [-0.3, -0.25) is 0 Å². The van der Waals surface area contributed by atoms with Gasteiger partial charge in [-0.15, -0.1) is 0 Å². The van der Waals surface area contributed by atoms with E-state index in [0.717, 1.165) is 24.0 Å². The molecule has 0 saturated heterocycles. The van der Waals surface area contributed by atoms with Gasteiger partial charge in [0.25, 0.3) is 0 Å². The van der Waals surface area contributed by atoms with Crippen molar-refractivity contribution in [2.75, 3.05) is 0 Å². The monoisotopic (exact) mass is 234 g/mol. The molecule has 2 heteroatoms. The van der Waals surface area contributed by atoms with Crippen molar-refractivity contribution in [3.63, 3.8) is 0 Å². The smallest absolute Gasteiger partial charge is 0.336 e. The van der Waals surface area contributed by atoms with Crippen molar-refractivity contribution in [3.8, 4) is 0 Å². The maximum absolute atomic E-state index is 11.5. The van der Waals surface area contributed by atoms with Crippen LogP contribution in [0.1, 0.15) is 73.9 Å². The Morgan fingerprint density at radius 3 is 1.82 bits per heavy atom. The normalized spacial score (nSPS) is 14.4. The fourth-order valence-corrected chi connectivity index (χ4v) is 2.10. The summed E-state index contributed by atoms with van der Waals surface area (Å²) in [7, 11) is 0. The zero-order valence-electron chi connectivity index (χ0n) is 11.2.